The van der Waals surface area contributed by atoms with Crippen molar-refractivity contribution in [2.24, 2.45) is 0 Å². The van der Waals surface area contributed by atoms with Crippen molar-refractivity contribution in [2.75, 3.05) is 0 Å². The largest absolute Gasteiger partial charge is 0.455 e. The molecular weight excluding hydrogens is 326 g/mol. The van der Waals surface area contributed by atoms with Gasteiger partial charge in [-0.3, -0.25) is 9.55 Å². The van der Waals surface area contributed by atoms with Gasteiger partial charge in [-0.05, 0) is 48.0 Å². The maximum absolute atomic E-state index is 9.17. The third-order valence-electron chi connectivity index (χ3n) is 3.98. The molecule has 0 bridgehead atoms. The Morgan fingerprint density at radius 1 is 0.923 bits per heavy atom. The summed E-state index contributed by atoms with van der Waals surface area (Å²) in [7, 11) is 0. The molecule has 4 rings (SSSR count). The van der Waals surface area contributed by atoms with Crippen LogP contribution in [0.4, 0.5) is 0 Å². The number of aromatic nitrogens is 3. The molecule has 3 heterocycles. The van der Waals surface area contributed by atoms with Crippen molar-refractivity contribution >= 4 is 12.2 Å². The lowest BCUT2D eigenvalue weighted by Crippen LogP contribution is -1.95. The van der Waals surface area contributed by atoms with Gasteiger partial charge in [-0.2, -0.15) is 0 Å². The van der Waals surface area contributed by atoms with Crippen molar-refractivity contribution in [3.05, 3.63) is 90.2 Å². The van der Waals surface area contributed by atoms with Crippen LogP contribution < -0.4 is 0 Å². The first-order valence-corrected chi connectivity index (χ1v) is 8.26. The highest BCUT2D eigenvalue weighted by Crippen LogP contribution is 2.24. The number of pyridine rings is 1. The fraction of sp³-hybridized carbons (Fsp3) is 0.0476. The third-order valence-corrected chi connectivity index (χ3v) is 3.98. The van der Waals surface area contributed by atoms with Crippen molar-refractivity contribution in [2.45, 2.75) is 6.61 Å². The standard InChI is InChI=1S/C21H17N3O2/c25-15-19-10-11-20(26-19)21-23-13-14-24(21)18-8-5-16(6-9-18)4-7-17-3-1-2-12-22-17/h1-14,25H,15H2. The van der Waals surface area contributed by atoms with Gasteiger partial charge >= 0.3 is 0 Å². The summed E-state index contributed by atoms with van der Waals surface area (Å²) in [6.45, 7) is -0.127. The molecule has 0 aliphatic heterocycles. The van der Waals surface area contributed by atoms with Gasteiger partial charge in [0.05, 0.1) is 5.69 Å². The zero-order chi connectivity index (χ0) is 17.8. The molecule has 0 atom stereocenters. The van der Waals surface area contributed by atoms with Gasteiger partial charge in [0, 0.05) is 24.3 Å². The van der Waals surface area contributed by atoms with E-state index in [1.165, 1.54) is 0 Å². The van der Waals surface area contributed by atoms with Crippen LogP contribution >= 0.6 is 0 Å². The van der Waals surface area contributed by atoms with E-state index < -0.39 is 0 Å². The zero-order valence-electron chi connectivity index (χ0n) is 14.0. The Labute approximate surface area is 150 Å². The van der Waals surface area contributed by atoms with Gasteiger partial charge in [0.2, 0.25) is 0 Å². The molecule has 1 aromatic carbocycles. The van der Waals surface area contributed by atoms with E-state index in [-0.39, 0.29) is 6.61 Å². The van der Waals surface area contributed by atoms with E-state index >= 15 is 0 Å². The fourth-order valence-electron chi connectivity index (χ4n) is 2.68. The lowest BCUT2D eigenvalue weighted by Gasteiger charge is -2.06. The van der Waals surface area contributed by atoms with Gasteiger partial charge in [0.15, 0.2) is 11.6 Å². The summed E-state index contributed by atoms with van der Waals surface area (Å²) < 4.78 is 7.55. The number of imidazole rings is 1. The average Bonchev–Trinajstić information content (AvgIpc) is 3.36. The van der Waals surface area contributed by atoms with Crippen molar-refractivity contribution in [3.63, 3.8) is 0 Å². The Hall–Kier alpha value is -3.44. The first-order valence-electron chi connectivity index (χ1n) is 8.26. The minimum Gasteiger partial charge on any atom is -0.455 e. The molecule has 0 aliphatic carbocycles. The van der Waals surface area contributed by atoms with Crippen LogP contribution in [-0.2, 0) is 6.61 Å². The molecule has 26 heavy (non-hydrogen) atoms. The van der Waals surface area contributed by atoms with Crippen molar-refractivity contribution in [1.82, 2.24) is 14.5 Å². The van der Waals surface area contributed by atoms with E-state index in [0.717, 1.165) is 16.9 Å². The quantitative estimate of drug-likeness (QED) is 0.590. The number of aliphatic hydroxyl groups is 1. The molecule has 5 heteroatoms. The molecule has 0 saturated carbocycles. The summed E-state index contributed by atoms with van der Waals surface area (Å²) in [4.78, 5) is 8.65. The third kappa shape index (κ3) is 3.34. The first-order chi connectivity index (χ1) is 12.8. The molecule has 0 spiro atoms. The maximum Gasteiger partial charge on any atom is 0.180 e. The minimum atomic E-state index is -0.127. The van der Waals surface area contributed by atoms with E-state index in [1.807, 2.05) is 71.4 Å². The predicted octanol–water partition coefficient (Wildman–Crippen LogP) is 4.19. The Morgan fingerprint density at radius 2 is 1.81 bits per heavy atom. The summed E-state index contributed by atoms with van der Waals surface area (Å²) in [6.07, 6.45) is 9.40. The van der Waals surface area contributed by atoms with Crippen LogP contribution in [0, 0.1) is 0 Å². The lowest BCUT2D eigenvalue weighted by atomic mass is 10.1. The van der Waals surface area contributed by atoms with E-state index in [2.05, 4.69) is 9.97 Å². The molecule has 5 nitrogen and oxygen atoms in total. The second-order valence-corrected chi connectivity index (χ2v) is 5.72. The van der Waals surface area contributed by atoms with Crippen LogP contribution in [0.3, 0.4) is 0 Å². The number of rotatable bonds is 5. The molecule has 0 unspecified atom stereocenters. The molecule has 0 saturated heterocycles. The van der Waals surface area contributed by atoms with Crippen molar-refractivity contribution < 1.29 is 9.52 Å². The van der Waals surface area contributed by atoms with Crippen LogP contribution in [0.15, 0.2) is 77.6 Å². The second kappa shape index (κ2) is 7.21. The number of hydrogen-bond acceptors (Lipinski definition) is 4. The number of furan rings is 1. The summed E-state index contributed by atoms with van der Waals surface area (Å²) in [5.41, 5.74) is 2.99. The zero-order valence-corrected chi connectivity index (χ0v) is 14.0. The van der Waals surface area contributed by atoms with Crippen molar-refractivity contribution in [3.8, 4) is 17.3 Å². The summed E-state index contributed by atoms with van der Waals surface area (Å²) in [5.74, 6) is 1.84. The number of nitrogens with zero attached hydrogens (tertiary/aromatic N) is 3. The summed E-state index contributed by atoms with van der Waals surface area (Å²) in [6, 6.07) is 17.5. The molecule has 0 radical (unpaired) electrons. The lowest BCUT2D eigenvalue weighted by molar-refractivity contribution is 0.248. The summed E-state index contributed by atoms with van der Waals surface area (Å²) in [5, 5.41) is 9.17. The Balaban J connectivity index is 1.58. The van der Waals surface area contributed by atoms with E-state index in [9.17, 15) is 0 Å². The number of aliphatic hydroxyl groups excluding tert-OH is 1. The molecule has 3 aromatic heterocycles. The van der Waals surface area contributed by atoms with Crippen molar-refractivity contribution in [1.29, 1.82) is 0 Å². The predicted molar refractivity (Wildman–Crippen MR) is 100 cm³/mol. The van der Waals surface area contributed by atoms with Gasteiger partial charge in [-0.15, -0.1) is 0 Å². The highest BCUT2D eigenvalue weighted by atomic mass is 16.4. The monoisotopic (exact) mass is 343 g/mol. The molecular formula is C21H17N3O2. The molecule has 0 aliphatic rings. The average molecular weight is 343 g/mol. The second-order valence-electron chi connectivity index (χ2n) is 5.72. The SMILES string of the molecule is OCc1ccc(-c2nccn2-c2ccc(C=Cc3ccccn3)cc2)o1. The molecule has 4 aromatic rings. The molecule has 0 amide bonds. The van der Waals surface area contributed by atoms with Crippen LogP contribution in [0.2, 0.25) is 0 Å². The van der Waals surface area contributed by atoms with Crippen LogP contribution in [-0.4, -0.2) is 19.6 Å². The molecule has 128 valence electrons. The van der Waals surface area contributed by atoms with E-state index in [4.69, 9.17) is 9.52 Å². The smallest absolute Gasteiger partial charge is 0.180 e. The first kappa shape index (κ1) is 16.1. The highest BCUT2D eigenvalue weighted by molar-refractivity contribution is 5.68. The van der Waals surface area contributed by atoms with Gasteiger partial charge < -0.3 is 9.52 Å². The maximum atomic E-state index is 9.17. The van der Waals surface area contributed by atoms with Crippen LogP contribution in [0.5, 0.6) is 0 Å². The minimum absolute atomic E-state index is 0.127. The van der Waals surface area contributed by atoms with Gasteiger partial charge in [0.1, 0.15) is 12.4 Å². The number of hydrogen-bond donors (Lipinski definition) is 1. The Bertz CT molecular complexity index is 1010. The molecule has 0 fully saturated rings. The topological polar surface area (TPSA) is 64.1 Å². The van der Waals surface area contributed by atoms with Gasteiger partial charge in [-0.1, -0.05) is 24.3 Å². The summed E-state index contributed by atoms with van der Waals surface area (Å²) >= 11 is 0. The highest BCUT2D eigenvalue weighted by Gasteiger charge is 2.11. The number of benzene rings is 1. The Kier molecular flexibility index (Phi) is 4.45. The normalized spacial score (nSPS) is 11.3. The molecule has 1 N–H and O–H groups in total. The van der Waals surface area contributed by atoms with E-state index in [0.29, 0.717) is 17.3 Å². The Morgan fingerprint density at radius 3 is 2.54 bits per heavy atom. The van der Waals surface area contributed by atoms with Crippen LogP contribution in [0.25, 0.3) is 29.4 Å². The fourth-order valence-corrected chi connectivity index (χ4v) is 2.68. The van der Waals surface area contributed by atoms with Gasteiger partial charge in [0.25, 0.3) is 0 Å². The van der Waals surface area contributed by atoms with Gasteiger partial charge in [-0.25, -0.2) is 4.98 Å². The van der Waals surface area contributed by atoms with Crippen LogP contribution in [0.1, 0.15) is 17.0 Å². The van der Waals surface area contributed by atoms with E-state index in [1.54, 1.807) is 18.5 Å².